The summed E-state index contributed by atoms with van der Waals surface area (Å²) in [6, 6.07) is 7.54. The summed E-state index contributed by atoms with van der Waals surface area (Å²) in [6.07, 6.45) is 5.68. The molecule has 2 aromatic heterocycles. The fourth-order valence-corrected chi connectivity index (χ4v) is 2.21. The van der Waals surface area contributed by atoms with Crippen molar-refractivity contribution in [3.8, 4) is 11.3 Å². The standard InChI is InChI=1S/C16H16N2O2/c1-2-20-16(19)13-5-6-14(11-7-9-17-10-8-11)18-15(13)12-3-4-12/h5-10,12H,2-4H2,1H3. The van der Waals surface area contributed by atoms with Crippen molar-refractivity contribution >= 4 is 5.97 Å². The highest BCUT2D eigenvalue weighted by Crippen LogP contribution is 2.41. The minimum absolute atomic E-state index is 0.275. The van der Waals surface area contributed by atoms with E-state index in [1.807, 2.05) is 31.2 Å². The molecular weight excluding hydrogens is 252 g/mol. The predicted molar refractivity (Wildman–Crippen MR) is 75.4 cm³/mol. The topological polar surface area (TPSA) is 52.1 Å². The number of carbonyl (C=O) groups excluding carboxylic acids is 1. The lowest BCUT2D eigenvalue weighted by molar-refractivity contribution is 0.0524. The van der Waals surface area contributed by atoms with E-state index in [1.165, 1.54) is 0 Å². The van der Waals surface area contributed by atoms with Crippen molar-refractivity contribution in [2.24, 2.45) is 0 Å². The Morgan fingerprint density at radius 1 is 1.25 bits per heavy atom. The second kappa shape index (κ2) is 5.41. The highest BCUT2D eigenvalue weighted by molar-refractivity contribution is 5.91. The number of aromatic nitrogens is 2. The molecule has 2 aromatic rings. The smallest absolute Gasteiger partial charge is 0.339 e. The Morgan fingerprint density at radius 2 is 2.00 bits per heavy atom. The van der Waals surface area contributed by atoms with Crippen molar-refractivity contribution in [2.75, 3.05) is 6.61 Å². The van der Waals surface area contributed by atoms with Crippen molar-refractivity contribution in [3.63, 3.8) is 0 Å². The van der Waals surface area contributed by atoms with Crippen LogP contribution in [0, 0.1) is 0 Å². The zero-order valence-corrected chi connectivity index (χ0v) is 11.4. The molecule has 0 unspecified atom stereocenters. The van der Waals surface area contributed by atoms with Gasteiger partial charge in [-0.1, -0.05) is 0 Å². The van der Waals surface area contributed by atoms with Crippen LogP contribution in [0.25, 0.3) is 11.3 Å². The van der Waals surface area contributed by atoms with Crippen molar-refractivity contribution in [3.05, 3.63) is 47.9 Å². The van der Waals surface area contributed by atoms with E-state index >= 15 is 0 Å². The molecule has 1 aliphatic rings. The van der Waals surface area contributed by atoms with E-state index in [1.54, 1.807) is 12.4 Å². The first-order valence-corrected chi connectivity index (χ1v) is 6.88. The molecule has 0 atom stereocenters. The van der Waals surface area contributed by atoms with Crippen LogP contribution in [0.5, 0.6) is 0 Å². The van der Waals surface area contributed by atoms with Gasteiger partial charge in [0.25, 0.3) is 0 Å². The van der Waals surface area contributed by atoms with Gasteiger partial charge in [-0.15, -0.1) is 0 Å². The number of hydrogen-bond donors (Lipinski definition) is 0. The third-order valence-electron chi connectivity index (χ3n) is 3.36. The quantitative estimate of drug-likeness (QED) is 0.799. The van der Waals surface area contributed by atoms with Crippen LogP contribution >= 0.6 is 0 Å². The largest absolute Gasteiger partial charge is 0.462 e. The van der Waals surface area contributed by atoms with E-state index in [0.717, 1.165) is 29.8 Å². The third-order valence-corrected chi connectivity index (χ3v) is 3.36. The maximum Gasteiger partial charge on any atom is 0.339 e. The van der Waals surface area contributed by atoms with Gasteiger partial charge >= 0.3 is 5.97 Å². The van der Waals surface area contributed by atoms with Gasteiger partial charge in [0.05, 0.1) is 23.6 Å². The maximum absolute atomic E-state index is 12.0. The fourth-order valence-electron chi connectivity index (χ4n) is 2.21. The lowest BCUT2D eigenvalue weighted by Gasteiger charge is -2.09. The normalized spacial score (nSPS) is 14.1. The van der Waals surface area contributed by atoms with Crippen molar-refractivity contribution in [2.45, 2.75) is 25.7 Å². The summed E-state index contributed by atoms with van der Waals surface area (Å²) in [7, 11) is 0. The number of pyridine rings is 2. The van der Waals surface area contributed by atoms with Gasteiger partial charge in [-0.05, 0) is 44.0 Å². The molecule has 20 heavy (non-hydrogen) atoms. The average Bonchev–Trinajstić information content (AvgIpc) is 3.32. The molecule has 1 saturated carbocycles. The summed E-state index contributed by atoms with van der Waals surface area (Å²) in [4.78, 5) is 20.7. The molecule has 1 aliphatic carbocycles. The van der Waals surface area contributed by atoms with Crippen molar-refractivity contribution in [1.29, 1.82) is 0 Å². The third kappa shape index (κ3) is 2.54. The molecule has 1 fully saturated rings. The first-order valence-electron chi connectivity index (χ1n) is 6.88. The summed E-state index contributed by atoms with van der Waals surface area (Å²) in [5.74, 6) is 0.124. The predicted octanol–water partition coefficient (Wildman–Crippen LogP) is 3.20. The lowest BCUT2D eigenvalue weighted by atomic mass is 10.1. The molecule has 4 nitrogen and oxygen atoms in total. The van der Waals surface area contributed by atoms with E-state index in [0.29, 0.717) is 18.1 Å². The molecule has 102 valence electrons. The first-order chi connectivity index (χ1) is 9.79. The van der Waals surface area contributed by atoms with Crippen LogP contribution in [0.3, 0.4) is 0 Å². The van der Waals surface area contributed by atoms with Crippen LogP contribution in [-0.4, -0.2) is 22.5 Å². The second-order valence-electron chi connectivity index (χ2n) is 4.86. The maximum atomic E-state index is 12.0. The molecule has 0 amide bonds. The van der Waals surface area contributed by atoms with E-state index in [9.17, 15) is 4.79 Å². The molecule has 2 heterocycles. The van der Waals surface area contributed by atoms with Gasteiger partial charge < -0.3 is 4.74 Å². The molecule has 0 aromatic carbocycles. The van der Waals surface area contributed by atoms with Gasteiger partial charge in [-0.25, -0.2) is 4.79 Å². The van der Waals surface area contributed by atoms with E-state index in [-0.39, 0.29) is 5.97 Å². The second-order valence-corrected chi connectivity index (χ2v) is 4.86. The van der Waals surface area contributed by atoms with Crippen LogP contribution < -0.4 is 0 Å². The molecule has 0 saturated heterocycles. The van der Waals surface area contributed by atoms with Gasteiger partial charge in [0.2, 0.25) is 0 Å². The van der Waals surface area contributed by atoms with Crippen LogP contribution in [0.2, 0.25) is 0 Å². The molecule has 0 bridgehead atoms. The van der Waals surface area contributed by atoms with Crippen molar-refractivity contribution in [1.82, 2.24) is 9.97 Å². The molecule has 0 spiro atoms. The highest BCUT2D eigenvalue weighted by Gasteiger charge is 2.30. The fraction of sp³-hybridized carbons (Fsp3) is 0.312. The van der Waals surface area contributed by atoms with Gasteiger partial charge in [0.15, 0.2) is 0 Å². The van der Waals surface area contributed by atoms with E-state index < -0.39 is 0 Å². The van der Waals surface area contributed by atoms with Crippen LogP contribution in [0.4, 0.5) is 0 Å². The van der Waals surface area contributed by atoms with E-state index in [2.05, 4.69) is 9.97 Å². The SMILES string of the molecule is CCOC(=O)c1ccc(-c2ccncc2)nc1C1CC1. The Bertz CT molecular complexity index is 622. The zero-order valence-electron chi connectivity index (χ0n) is 11.4. The molecule has 0 radical (unpaired) electrons. The summed E-state index contributed by atoms with van der Waals surface area (Å²) in [5, 5.41) is 0. The minimum atomic E-state index is -0.275. The Morgan fingerprint density at radius 3 is 2.65 bits per heavy atom. The highest BCUT2D eigenvalue weighted by atomic mass is 16.5. The Kier molecular flexibility index (Phi) is 3.46. The minimum Gasteiger partial charge on any atom is -0.462 e. The lowest BCUT2D eigenvalue weighted by Crippen LogP contribution is -2.09. The van der Waals surface area contributed by atoms with Gasteiger partial charge in [-0.2, -0.15) is 0 Å². The molecule has 0 aliphatic heterocycles. The first kappa shape index (κ1) is 12.8. The number of nitrogens with zero attached hydrogens (tertiary/aromatic N) is 2. The molecule has 4 heteroatoms. The van der Waals surface area contributed by atoms with Crippen LogP contribution in [0.15, 0.2) is 36.7 Å². The van der Waals surface area contributed by atoms with Crippen LogP contribution in [-0.2, 0) is 4.74 Å². The number of esters is 1. The number of ether oxygens (including phenoxy) is 1. The number of carbonyl (C=O) groups is 1. The number of rotatable bonds is 4. The number of hydrogen-bond acceptors (Lipinski definition) is 4. The monoisotopic (exact) mass is 268 g/mol. The Balaban J connectivity index is 2.00. The van der Waals surface area contributed by atoms with Gasteiger partial charge in [0, 0.05) is 23.9 Å². The van der Waals surface area contributed by atoms with Gasteiger partial charge in [0.1, 0.15) is 0 Å². The summed E-state index contributed by atoms with van der Waals surface area (Å²) in [5.41, 5.74) is 3.37. The summed E-state index contributed by atoms with van der Waals surface area (Å²) in [6.45, 7) is 2.20. The van der Waals surface area contributed by atoms with Crippen LogP contribution in [0.1, 0.15) is 41.7 Å². The summed E-state index contributed by atoms with van der Waals surface area (Å²) < 4.78 is 5.10. The van der Waals surface area contributed by atoms with Crippen molar-refractivity contribution < 1.29 is 9.53 Å². The molecule has 3 rings (SSSR count). The molecule has 0 N–H and O–H groups in total. The van der Waals surface area contributed by atoms with Gasteiger partial charge in [-0.3, -0.25) is 9.97 Å². The average molecular weight is 268 g/mol. The Labute approximate surface area is 117 Å². The Hall–Kier alpha value is -2.23. The zero-order chi connectivity index (χ0) is 13.9. The van der Waals surface area contributed by atoms with E-state index in [4.69, 9.17) is 4.74 Å². The summed E-state index contributed by atoms with van der Waals surface area (Å²) >= 11 is 0. The molecular formula is C16H16N2O2.